The summed E-state index contributed by atoms with van der Waals surface area (Å²) in [5.41, 5.74) is 7.15. The fraction of sp³-hybridized carbons (Fsp3) is 0.240. The van der Waals surface area contributed by atoms with Gasteiger partial charge < -0.3 is 5.32 Å². The summed E-state index contributed by atoms with van der Waals surface area (Å²) in [6.07, 6.45) is 4.55. The zero-order chi connectivity index (χ0) is 20.9. The average molecular weight is 399 g/mol. The molecule has 0 spiro atoms. The lowest BCUT2D eigenvalue weighted by molar-refractivity contribution is -0.115. The predicted octanol–water partition coefficient (Wildman–Crippen LogP) is 4.85. The van der Waals surface area contributed by atoms with Crippen molar-refractivity contribution in [3.63, 3.8) is 0 Å². The molecule has 2 amide bonds. The van der Waals surface area contributed by atoms with E-state index in [1.165, 1.54) is 17.5 Å². The number of hydrazone groups is 1. The van der Waals surface area contributed by atoms with E-state index in [0.29, 0.717) is 11.3 Å². The minimum atomic E-state index is -0.288. The maximum Gasteiger partial charge on any atom is 0.271 e. The van der Waals surface area contributed by atoms with Gasteiger partial charge in [0.25, 0.3) is 5.91 Å². The highest BCUT2D eigenvalue weighted by Crippen LogP contribution is 2.28. The molecule has 0 bridgehead atoms. The van der Waals surface area contributed by atoms with E-state index >= 15 is 0 Å². The molecule has 5 heteroatoms. The van der Waals surface area contributed by atoms with Crippen molar-refractivity contribution < 1.29 is 9.59 Å². The van der Waals surface area contributed by atoms with Gasteiger partial charge in [-0.1, -0.05) is 48.5 Å². The van der Waals surface area contributed by atoms with E-state index in [1.54, 1.807) is 13.0 Å². The van der Waals surface area contributed by atoms with Crippen LogP contribution in [0.3, 0.4) is 0 Å². The quantitative estimate of drug-likeness (QED) is 0.475. The summed E-state index contributed by atoms with van der Waals surface area (Å²) in [5, 5.41) is 9.01. The molecule has 0 atom stereocenters. The third-order valence-electron chi connectivity index (χ3n) is 5.47. The highest BCUT2D eigenvalue weighted by molar-refractivity contribution is 6.09. The molecule has 0 fully saturated rings. The van der Waals surface area contributed by atoms with E-state index in [9.17, 15) is 9.59 Å². The number of nitrogens with zero attached hydrogens (tertiary/aromatic N) is 1. The van der Waals surface area contributed by atoms with Gasteiger partial charge in [-0.05, 0) is 66.6 Å². The topological polar surface area (TPSA) is 70.6 Å². The van der Waals surface area contributed by atoms with Crippen molar-refractivity contribution in [1.82, 2.24) is 5.43 Å². The highest BCUT2D eigenvalue weighted by atomic mass is 16.2. The smallest absolute Gasteiger partial charge is 0.271 e. The fourth-order valence-corrected chi connectivity index (χ4v) is 3.99. The van der Waals surface area contributed by atoms with Crippen LogP contribution in [-0.2, 0) is 17.6 Å². The first-order chi connectivity index (χ1) is 14.6. The molecule has 0 aromatic heterocycles. The maximum absolute atomic E-state index is 12.6. The molecule has 0 unspecified atom stereocenters. The summed E-state index contributed by atoms with van der Waals surface area (Å²) in [4.78, 5) is 25.1. The normalized spacial score (nSPS) is 13.6. The number of carbonyl (C=O) groups is 2. The number of amides is 2. The molecule has 152 valence electrons. The van der Waals surface area contributed by atoms with Crippen molar-refractivity contribution in [1.29, 1.82) is 0 Å². The zero-order valence-corrected chi connectivity index (χ0v) is 17.1. The van der Waals surface area contributed by atoms with Crippen molar-refractivity contribution in [2.75, 3.05) is 5.32 Å². The van der Waals surface area contributed by atoms with Gasteiger partial charge in [-0.2, -0.15) is 5.10 Å². The number of fused-ring (bicyclic) bond motifs is 2. The third-order valence-corrected chi connectivity index (χ3v) is 5.47. The van der Waals surface area contributed by atoms with Crippen LogP contribution in [0.25, 0.3) is 10.8 Å². The van der Waals surface area contributed by atoms with Gasteiger partial charge in [-0.3, -0.25) is 9.59 Å². The van der Waals surface area contributed by atoms with Crippen LogP contribution in [0.1, 0.15) is 47.7 Å². The van der Waals surface area contributed by atoms with Crippen LogP contribution in [0.2, 0.25) is 0 Å². The summed E-state index contributed by atoms with van der Waals surface area (Å²) >= 11 is 0. The zero-order valence-electron chi connectivity index (χ0n) is 17.1. The Labute approximate surface area is 176 Å². The van der Waals surface area contributed by atoms with E-state index in [-0.39, 0.29) is 18.2 Å². The molecule has 0 heterocycles. The molecule has 0 radical (unpaired) electrons. The van der Waals surface area contributed by atoms with Gasteiger partial charge in [0.05, 0.1) is 6.42 Å². The Kier molecular flexibility index (Phi) is 5.89. The van der Waals surface area contributed by atoms with Gasteiger partial charge in [0.15, 0.2) is 0 Å². The Morgan fingerprint density at radius 1 is 0.933 bits per heavy atom. The minimum absolute atomic E-state index is 0.124. The molecule has 0 saturated heterocycles. The third kappa shape index (κ3) is 4.40. The van der Waals surface area contributed by atoms with Crippen LogP contribution >= 0.6 is 0 Å². The monoisotopic (exact) mass is 399 g/mol. The Hall–Kier alpha value is -3.47. The Morgan fingerprint density at radius 3 is 2.60 bits per heavy atom. The van der Waals surface area contributed by atoms with E-state index in [4.69, 9.17) is 0 Å². The number of benzene rings is 3. The number of rotatable bonds is 5. The number of hydrogen-bond donors (Lipinski definition) is 2. The van der Waals surface area contributed by atoms with Gasteiger partial charge >= 0.3 is 0 Å². The van der Waals surface area contributed by atoms with E-state index in [0.717, 1.165) is 35.7 Å². The number of nitrogens with one attached hydrogen (secondary N) is 2. The molecule has 2 N–H and O–H groups in total. The maximum atomic E-state index is 12.6. The number of anilines is 1. The minimum Gasteiger partial charge on any atom is -0.325 e. The second-order valence-corrected chi connectivity index (χ2v) is 7.69. The molecule has 3 aromatic carbocycles. The van der Waals surface area contributed by atoms with Gasteiger partial charge in [-0.15, -0.1) is 0 Å². The van der Waals surface area contributed by atoms with Gasteiger partial charge in [-0.25, -0.2) is 5.43 Å². The molecule has 5 nitrogen and oxygen atoms in total. The first kappa shape index (κ1) is 19.8. The Balaban J connectivity index is 1.39. The lowest BCUT2D eigenvalue weighted by Gasteiger charge is -2.19. The lowest BCUT2D eigenvalue weighted by atomic mass is 9.90. The molecule has 1 aliphatic carbocycles. The van der Waals surface area contributed by atoms with Crippen LogP contribution in [0, 0.1) is 0 Å². The van der Waals surface area contributed by atoms with Crippen LogP contribution in [-0.4, -0.2) is 17.5 Å². The second-order valence-electron chi connectivity index (χ2n) is 7.69. The van der Waals surface area contributed by atoms with Gasteiger partial charge in [0.1, 0.15) is 0 Å². The summed E-state index contributed by atoms with van der Waals surface area (Å²) in [5.74, 6) is -0.418. The average Bonchev–Trinajstić information content (AvgIpc) is 2.77. The SMILES string of the molecule is CC(CC(=O)Nc1cccc2c1CCCC2)=NNC(=O)c1cccc2ccccc12. The molecule has 3 aromatic rings. The number of hydrogen-bond acceptors (Lipinski definition) is 3. The molecule has 30 heavy (non-hydrogen) atoms. The highest BCUT2D eigenvalue weighted by Gasteiger charge is 2.15. The van der Waals surface area contributed by atoms with Crippen molar-refractivity contribution in [3.8, 4) is 0 Å². The van der Waals surface area contributed by atoms with Crippen molar-refractivity contribution in [2.24, 2.45) is 5.10 Å². The van der Waals surface area contributed by atoms with Crippen LogP contribution < -0.4 is 10.7 Å². The predicted molar refractivity (Wildman–Crippen MR) is 121 cm³/mol. The standard InChI is InChI=1S/C25H25N3O2/c1-17(16-24(29)26-23-15-7-11-19-9-3-5-13-21(19)23)27-28-25(30)22-14-6-10-18-8-2-4-12-20(18)22/h2,4,6-8,10-12,14-15H,3,5,9,13,16H2,1H3,(H,26,29)(H,28,30). The van der Waals surface area contributed by atoms with Crippen LogP contribution in [0.4, 0.5) is 5.69 Å². The summed E-state index contributed by atoms with van der Waals surface area (Å²) in [7, 11) is 0. The summed E-state index contributed by atoms with van der Waals surface area (Å²) < 4.78 is 0. The molecular weight excluding hydrogens is 374 g/mol. The summed E-state index contributed by atoms with van der Waals surface area (Å²) in [6.45, 7) is 1.74. The van der Waals surface area contributed by atoms with E-state index in [1.807, 2.05) is 48.5 Å². The van der Waals surface area contributed by atoms with Crippen molar-refractivity contribution in [3.05, 3.63) is 77.4 Å². The number of aryl methyl sites for hydroxylation is 1. The molecule has 1 aliphatic rings. The number of carbonyl (C=O) groups excluding carboxylic acids is 2. The Bertz CT molecular complexity index is 1130. The molecular formula is C25H25N3O2. The largest absolute Gasteiger partial charge is 0.325 e. The first-order valence-electron chi connectivity index (χ1n) is 10.3. The van der Waals surface area contributed by atoms with Crippen LogP contribution in [0.15, 0.2) is 65.8 Å². The fourth-order valence-electron chi connectivity index (χ4n) is 3.99. The first-order valence-corrected chi connectivity index (χ1v) is 10.3. The second kappa shape index (κ2) is 8.91. The lowest BCUT2D eigenvalue weighted by Crippen LogP contribution is -2.22. The van der Waals surface area contributed by atoms with Crippen LogP contribution in [0.5, 0.6) is 0 Å². The molecule has 4 rings (SSSR count). The van der Waals surface area contributed by atoms with Gasteiger partial charge in [0.2, 0.25) is 5.91 Å². The van der Waals surface area contributed by atoms with Crippen molar-refractivity contribution >= 4 is 34.0 Å². The van der Waals surface area contributed by atoms with E-state index in [2.05, 4.69) is 21.9 Å². The molecule has 0 saturated carbocycles. The summed E-state index contributed by atoms with van der Waals surface area (Å²) in [6, 6.07) is 19.4. The van der Waals surface area contributed by atoms with Crippen molar-refractivity contribution in [2.45, 2.75) is 39.0 Å². The van der Waals surface area contributed by atoms with E-state index < -0.39 is 0 Å². The Morgan fingerprint density at radius 2 is 1.70 bits per heavy atom. The van der Waals surface area contributed by atoms with Gasteiger partial charge in [0, 0.05) is 17.0 Å². The molecule has 0 aliphatic heterocycles.